The highest BCUT2D eigenvalue weighted by molar-refractivity contribution is 6.06. The van der Waals surface area contributed by atoms with E-state index in [4.69, 9.17) is 9.47 Å². The molecule has 158 valence electrons. The van der Waals surface area contributed by atoms with Gasteiger partial charge in [-0.15, -0.1) is 0 Å². The number of carbonyl (C=O) groups excluding carboxylic acids is 2. The maximum Gasteiger partial charge on any atom is 0.338 e. The molecule has 1 aliphatic rings. The number of hydrogen-bond acceptors (Lipinski definition) is 4. The summed E-state index contributed by atoms with van der Waals surface area (Å²) >= 11 is 0. The number of benzene rings is 3. The SMILES string of the molecule is COc1ccc2ccccc2c1C1NC(=O)NC(c2ccccc2)=C1C(=O)OC(C)C. The van der Waals surface area contributed by atoms with E-state index in [1.807, 2.05) is 66.7 Å². The first-order valence-corrected chi connectivity index (χ1v) is 10.1. The molecule has 0 saturated heterocycles. The maximum atomic E-state index is 13.3. The van der Waals surface area contributed by atoms with Crippen molar-refractivity contribution in [2.75, 3.05) is 7.11 Å². The lowest BCUT2D eigenvalue weighted by molar-refractivity contribution is -0.143. The lowest BCUT2D eigenvalue weighted by Crippen LogP contribution is -2.45. The molecule has 2 N–H and O–H groups in total. The summed E-state index contributed by atoms with van der Waals surface area (Å²) in [6.45, 7) is 3.59. The number of esters is 1. The van der Waals surface area contributed by atoms with Crippen LogP contribution in [0.2, 0.25) is 0 Å². The van der Waals surface area contributed by atoms with Gasteiger partial charge in [-0.2, -0.15) is 0 Å². The molecule has 6 nitrogen and oxygen atoms in total. The largest absolute Gasteiger partial charge is 0.496 e. The van der Waals surface area contributed by atoms with Gasteiger partial charge < -0.3 is 20.1 Å². The first-order chi connectivity index (χ1) is 15.0. The van der Waals surface area contributed by atoms with Gasteiger partial charge in [-0.05, 0) is 36.2 Å². The number of rotatable bonds is 5. The zero-order valence-electron chi connectivity index (χ0n) is 17.6. The molecule has 3 aromatic rings. The molecule has 1 atom stereocenters. The van der Waals surface area contributed by atoms with Crippen molar-refractivity contribution >= 4 is 28.5 Å². The Balaban J connectivity index is 2.01. The summed E-state index contributed by atoms with van der Waals surface area (Å²) in [7, 11) is 1.57. The molecule has 1 aliphatic heterocycles. The van der Waals surface area contributed by atoms with E-state index >= 15 is 0 Å². The van der Waals surface area contributed by atoms with E-state index in [1.54, 1.807) is 21.0 Å². The summed E-state index contributed by atoms with van der Waals surface area (Å²) < 4.78 is 11.2. The van der Waals surface area contributed by atoms with Gasteiger partial charge in [-0.25, -0.2) is 9.59 Å². The van der Waals surface area contributed by atoms with Crippen LogP contribution < -0.4 is 15.4 Å². The van der Waals surface area contributed by atoms with Gasteiger partial charge in [0.25, 0.3) is 0 Å². The van der Waals surface area contributed by atoms with Gasteiger partial charge in [-0.1, -0.05) is 60.7 Å². The molecule has 0 spiro atoms. The maximum absolute atomic E-state index is 13.3. The summed E-state index contributed by atoms with van der Waals surface area (Å²) in [4.78, 5) is 26.0. The number of fused-ring (bicyclic) bond motifs is 1. The normalized spacial score (nSPS) is 16.1. The van der Waals surface area contributed by atoms with Crippen LogP contribution >= 0.6 is 0 Å². The molecule has 3 aromatic carbocycles. The summed E-state index contributed by atoms with van der Waals surface area (Å²) in [5.74, 6) is 0.0782. The van der Waals surface area contributed by atoms with Crippen molar-refractivity contribution in [1.82, 2.24) is 10.6 Å². The molecule has 0 aromatic heterocycles. The molecule has 0 saturated carbocycles. The minimum absolute atomic E-state index is 0.315. The van der Waals surface area contributed by atoms with Crippen molar-refractivity contribution in [1.29, 1.82) is 0 Å². The first kappa shape index (κ1) is 20.5. The Hall–Kier alpha value is -3.80. The number of ether oxygens (including phenoxy) is 2. The average Bonchev–Trinajstić information content (AvgIpc) is 2.77. The fraction of sp³-hybridized carbons (Fsp3) is 0.200. The van der Waals surface area contributed by atoms with E-state index < -0.39 is 18.0 Å². The summed E-state index contributed by atoms with van der Waals surface area (Å²) in [6.07, 6.45) is -0.315. The van der Waals surface area contributed by atoms with Crippen LogP contribution in [-0.2, 0) is 9.53 Å². The van der Waals surface area contributed by atoms with Gasteiger partial charge >= 0.3 is 12.0 Å². The summed E-state index contributed by atoms with van der Waals surface area (Å²) in [5, 5.41) is 7.59. The third kappa shape index (κ3) is 3.97. The Morgan fingerprint density at radius 3 is 2.39 bits per heavy atom. The van der Waals surface area contributed by atoms with Crippen molar-refractivity contribution in [2.45, 2.75) is 26.0 Å². The molecule has 0 radical (unpaired) electrons. The van der Waals surface area contributed by atoms with Gasteiger partial charge in [0, 0.05) is 5.56 Å². The van der Waals surface area contributed by atoms with Gasteiger partial charge in [0.15, 0.2) is 0 Å². The Labute approximate surface area is 180 Å². The van der Waals surface area contributed by atoms with Crippen LogP contribution in [0.25, 0.3) is 16.5 Å². The Morgan fingerprint density at radius 2 is 1.68 bits per heavy atom. The molecule has 0 aliphatic carbocycles. The summed E-state index contributed by atoms with van der Waals surface area (Å²) in [6, 6.07) is 19.7. The van der Waals surface area contributed by atoms with Crippen molar-refractivity contribution < 1.29 is 19.1 Å². The molecule has 6 heteroatoms. The van der Waals surface area contributed by atoms with Crippen LogP contribution in [0.3, 0.4) is 0 Å². The highest BCUT2D eigenvalue weighted by Crippen LogP contribution is 2.40. The van der Waals surface area contributed by atoms with Crippen LogP contribution in [-0.4, -0.2) is 25.2 Å². The first-order valence-electron chi connectivity index (χ1n) is 10.1. The van der Waals surface area contributed by atoms with Crippen LogP contribution in [0.15, 0.2) is 72.3 Å². The summed E-state index contributed by atoms with van der Waals surface area (Å²) in [5.41, 5.74) is 2.18. The second kappa shape index (κ2) is 8.52. The zero-order chi connectivity index (χ0) is 22.0. The fourth-order valence-corrected chi connectivity index (χ4v) is 3.86. The van der Waals surface area contributed by atoms with E-state index in [9.17, 15) is 9.59 Å². The minimum atomic E-state index is -0.753. The molecule has 0 fully saturated rings. The number of methoxy groups -OCH3 is 1. The molecular weight excluding hydrogens is 392 g/mol. The van der Waals surface area contributed by atoms with Crippen molar-refractivity contribution in [2.24, 2.45) is 0 Å². The van der Waals surface area contributed by atoms with Crippen molar-refractivity contribution in [3.8, 4) is 5.75 Å². The lowest BCUT2D eigenvalue weighted by Gasteiger charge is -2.31. The fourth-order valence-electron chi connectivity index (χ4n) is 3.86. The van der Waals surface area contributed by atoms with Crippen LogP contribution in [0.1, 0.15) is 31.0 Å². The molecular formula is C25H24N2O4. The van der Waals surface area contributed by atoms with E-state index in [0.717, 1.165) is 16.3 Å². The monoisotopic (exact) mass is 416 g/mol. The van der Waals surface area contributed by atoms with E-state index in [0.29, 0.717) is 22.6 Å². The lowest BCUT2D eigenvalue weighted by atomic mass is 9.89. The second-order valence-electron chi connectivity index (χ2n) is 7.54. The third-order valence-electron chi connectivity index (χ3n) is 5.14. The van der Waals surface area contributed by atoms with E-state index in [1.165, 1.54) is 0 Å². The van der Waals surface area contributed by atoms with Gasteiger partial charge in [0.1, 0.15) is 5.75 Å². The van der Waals surface area contributed by atoms with E-state index in [-0.39, 0.29) is 6.10 Å². The number of hydrogen-bond donors (Lipinski definition) is 2. The van der Waals surface area contributed by atoms with Gasteiger partial charge in [0.05, 0.1) is 30.5 Å². The molecule has 4 rings (SSSR count). The second-order valence-corrected chi connectivity index (χ2v) is 7.54. The Kier molecular flexibility index (Phi) is 5.62. The van der Waals surface area contributed by atoms with Crippen LogP contribution in [0, 0.1) is 0 Å². The van der Waals surface area contributed by atoms with Crippen molar-refractivity contribution in [3.05, 3.63) is 83.4 Å². The predicted molar refractivity (Wildman–Crippen MR) is 119 cm³/mol. The average molecular weight is 416 g/mol. The highest BCUT2D eigenvalue weighted by atomic mass is 16.5. The van der Waals surface area contributed by atoms with Gasteiger partial charge in [0.2, 0.25) is 0 Å². The minimum Gasteiger partial charge on any atom is -0.496 e. The molecule has 1 heterocycles. The van der Waals surface area contributed by atoms with E-state index in [2.05, 4.69) is 10.6 Å². The number of amides is 2. The van der Waals surface area contributed by atoms with Crippen LogP contribution in [0.4, 0.5) is 4.79 Å². The standard InChI is InChI=1S/C25H24N2O4/c1-15(2)31-24(28)21-22(17-10-5-4-6-11-17)26-25(29)27-23(21)20-18-12-8-7-9-16(18)13-14-19(20)30-3/h4-15,23H,1-3H3,(H2,26,27,29). The quantitative estimate of drug-likeness (QED) is 0.598. The van der Waals surface area contributed by atoms with Gasteiger partial charge in [-0.3, -0.25) is 0 Å². The van der Waals surface area contributed by atoms with Crippen LogP contribution in [0.5, 0.6) is 5.75 Å². The molecule has 1 unspecified atom stereocenters. The Bertz CT molecular complexity index is 1170. The number of urea groups is 1. The number of nitrogens with one attached hydrogen (secondary N) is 2. The highest BCUT2D eigenvalue weighted by Gasteiger charge is 2.37. The Morgan fingerprint density at radius 1 is 0.968 bits per heavy atom. The third-order valence-corrected chi connectivity index (χ3v) is 5.14. The molecule has 2 amide bonds. The number of carbonyl (C=O) groups is 2. The molecule has 31 heavy (non-hydrogen) atoms. The smallest absolute Gasteiger partial charge is 0.338 e. The van der Waals surface area contributed by atoms with Crippen molar-refractivity contribution in [3.63, 3.8) is 0 Å². The predicted octanol–water partition coefficient (Wildman–Crippen LogP) is 4.57. The zero-order valence-corrected chi connectivity index (χ0v) is 17.6. The molecule has 0 bridgehead atoms. The topological polar surface area (TPSA) is 76.7 Å².